The number of hydrogen-bond donors (Lipinski definition) is 2. The van der Waals surface area contributed by atoms with Gasteiger partial charge in [-0.3, -0.25) is 0 Å². The van der Waals surface area contributed by atoms with E-state index in [1.807, 2.05) is 0 Å². The third kappa shape index (κ3) is 2.96. The Labute approximate surface area is 140 Å². The van der Waals surface area contributed by atoms with Gasteiger partial charge in [-0.15, -0.1) is 0 Å². The van der Waals surface area contributed by atoms with Crippen molar-refractivity contribution in [1.29, 1.82) is 0 Å². The number of aromatic nitrogens is 7. The minimum atomic E-state index is -0.531. The molecule has 0 aliphatic rings. The van der Waals surface area contributed by atoms with Crippen molar-refractivity contribution >= 4 is 22.8 Å². The SMILES string of the molecule is COc1cc(Nc2cnc3cnn(Cc4cccnc4F)c3n2)n[nH]1. The van der Waals surface area contributed by atoms with E-state index in [0.29, 0.717) is 34.2 Å². The summed E-state index contributed by atoms with van der Waals surface area (Å²) in [5, 5.41) is 14.0. The lowest BCUT2D eigenvalue weighted by molar-refractivity contribution is 0.397. The number of rotatable bonds is 5. The maximum absolute atomic E-state index is 13.8. The molecule has 0 saturated heterocycles. The van der Waals surface area contributed by atoms with E-state index >= 15 is 0 Å². The number of nitrogens with one attached hydrogen (secondary N) is 2. The molecule has 4 aromatic heterocycles. The Morgan fingerprint density at radius 3 is 3.00 bits per heavy atom. The lowest BCUT2D eigenvalue weighted by Gasteiger charge is -2.05. The van der Waals surface area contributed by atoms with Crippen molar-refractivity contribution in [2.24, 2.45) is 0 Å². The van der Waals surface area contributed by atoms with Crippen LogP contribution in [0.1, 0.15) is 5.56 Å². The van der Waals surface area contributed by atoms with E-state index in [2.05, 4.69) is 35.6 Å². The molecule has 126 valence electrons. The molecule has 0 amide bonds. The second-order valence-electron chi connectivity index (χ2n) is 5.17. The number of hydrogen-bond acceptors (Lipinski definition) is 7. The average molecular weight is 340 g/mol. The maximum atomic E-state index is 13.8. The van der Waals surface area contributed by atoms with Crippen LogP contribution in [0.2, 0.25) is 0 Å². The van der Waals surface area contributed by atoms with Gasteiger partial charge in [-0.2, -0.15) is 14.6 Å². The van der Waals surface area contributed by atoms with Crippen LogP contribution in [-0.2, 0) is 6.54 Å². The molecule has 0 bridgehead atoms. The molecule has 2 N–H and O–H groups in total. The Morgan fingerprint density at radius 1 is 1.28 bits per heavy atom. The summed E-state index contributed by atoms with van der Waals surface area (Å²) in [7, 11) is 1.54. The van der Waals surface area contributed by atoms with Gasteiger partial charge < -0.3 is 10.1 Å². The van der Waals surface area contributed by atoms with Gasteiger partial charge in [0, 0.05) is 17.8 Å². The van der Waals surface area contributed by atoms with Crippen LogP contribution in [0, 0.1) is 5.95 Å². The fourth-order valence-corrected chi connectivity index (χ4v) is 2.33. The normalized spacial score (nSPS) is 11.0. The molecule has 9 nitrogen and oxygen atoms in total. The lowest BCUT2D eigenvalue weighted by Crippen LogP contribution is -2.06. The molecular weight excluding hydrogens is 327 g/mol. The third-order valence-corrected chi connectivity index (χ3v) is 3.53. The van der Waals surface area contributed by atoms with E-state index < -0.39 is 5.95 Å². The van der Waals surface area contributed by atoms with Crippen LogP contribution >= 0.6 is 0 Å². The molecule has 0 atom stereocenters. The summed E-state index contributed by atoms with van der Waals surface area (Å²) in [5.74, 6) is 1.01. The van der Waals surface area contributed by atoms with Crippen LogP contribution in [0.5, 0.6) is 5.88 Å². The predicted octanol–water partition coefficient (Wildman–Crippen LogP) is 1.88. The molecule has 0 fully saturated rings. The van der Waals surface area contributed by atoms with Crippen molar-refractivity contribution in [3.63, 3.8) is 0 Å². The van der Waals surface area contributed by atoms with Gasteiger partial charge in [0.05, 0.1) is 26.0 Å². The van der Waals surface area contributed by atoms with E-state index in [9.17, 15) is 4.39 Å². The van der Waals surface area contributed by atoms with Crippen LogP contribution in [0.3, 0.4) is 0 Å². The summed E-state index contributed by atoms with van der Waals surface area (Å²) < 4.78 is 20.4. The van der Waals surface area contributed by atoms with Gasteiger partial charge in [0.15, 0.2) is 17.3 Å². The van der Waals surface area contributed by atoms with Gasteiger partial charge in [0.2, 0.25) is 11.8 Å². The highest BCUT2D eigenvalue weighted by Gasteiger charge is 2.11. The fraction of sp³-hybridized carbons (Fsp3) is 0.133. The fourth-order valence-electron chi connectivity index (χ4n) is 2.33. The van der Waals surface area contributed by atoms with Crippen LogP contribution in [0.4, 0.5) is 16.0 Å². The lowest BCUT2D eigenvalue weighted by atomic mass is 10.3. The first-order chi connectivity index (χ1) is 12.2. The zero-order chi connectivity index (χ0) is 17.2. The number of ether oxygens (including phenoxy) is 1. The molecule has 0 aliphatic heterocycles. The first-order valence-electron chi connectivity index (χ1n) is 7.37. The largest absolute Gasteiger partial charge is 0.481 e. The third-order valence-electron chi connectivity index (χ3n) is 3.53. The standard InChI is InChI=1S/C15H13FN8O/c1-25-13-5-11(22-23-13)20-12-7-18-10-6-19-24(15(10)21-12)8-9-3-2-4-17-14(9)16/h2-7H,8H2,1H3,(H2,20,21,22,23). The van der Waals surface area contributed by atoms with Gasteiger partial charge in [-0.1, -0.05) is 6.07 Å². The van der Waals surface area contributed by atoms with E-state index in [1.54, 1.807) is 42.4 Å². The summed E-state index contributed by atoms with van der Waals surface area (Å²) in [6, 6.07) is 5.02. The van der Waals surface area contributed by atoms with Crippen molar-refractivity contribution in [3.05, 3.63) is 48.3 Å². The second kappa shape index (κ2) is 6.15. The van der Waals surface area contributed by atoms with Crippen molar-refractivity contribution in [3.8, 4) is 5.88 Å². The molecule has 4 rings (SSSR count). The summed E-state index contributed by atoms with van der Waals surface area (Å²) in [5.41, 5.74) is 1.55. The van der Waals surface area contributed by atoms with E-state index in [4.69, 9.17) is 4.74 Å². The van der Waals surface area contributed by atoms with E-state index in [1.165, 1.54) is 6.20 Å². The molecule has 0 unspecified atom stereocenters. The van der Waals surface area contributed by atoms with Crippen molar-refractivity contribution in [1.82, 2.24) is 34.9 Å². The number of H-pyrrole nitrogens is 1. The van der Waals surface area contributed by atoms with Crippen LogP contribution < -0.4 is 10.1 Å². The maximum Gasteiger partial charge on any atom is 0.217 e. The zero-order valence-electron chi connectivity index (χ0n) is 13.1. The summed E-state index contributed by atoms with van der Waals surface area (Å²) in [6.07, 6.45) is 4.55. The van der Waals surface area contributed by atoms with Crippen LogP contribution in [-0.4, -0.2) is 42.0 Å². The topological polar surface area (TPSA) is 106 Å². The Kier molecular flexibility index (Phi) is 3.69. The second-order valence-corrected chi connectivity index (χ2v) is 5.17. The highest BCUT2D eigenvalue weighted by Crippen LogP contribution is 2.19. The molecule has 0 aliphatic carbocycles. The molecule has 25 heavy (non-hydrogen) atoms. The average Bonchev–Trinajstić information content (AvgIpc) is 3.24. The minimum absolute atomic E-state index is 0.206. The minimum Gasteiger partial charge on any atom is -0.481 e. The number of halogens is 1. The van der Waals surface area contributed by atoms with Gasteiger partial charge in [-0.05, 0) is 6.07 Å². The Bertz CT molecular complexity index is 1030. The first kappa shape index (κ1) is 15.0. The molecular formula is C15H13FN8O. The molecule has 0 spiro atoms. The van der Waals surface area contributed by atoms with Crippen LogP contribution in [0.15, 0.2) is 36.8 Å². The van der Waals surface area contributed by atoms with Crippen molar-refractivity contribution in [2.75, 3.05) is 12.4 Å². The van der Waals surface area contributed by atoms with Gasteiger partial charge in [0.25, 0.3) is 0 Å². The Morgan fingerprint density at radius 2 is 2.20 bits per heavy atom. The Hall–Kier alpha value is -3.56. The zero-order valence-corrected chi connectivity index (χ0v) is 13.1. The summed E-state index contributed by atoms with van der Waals surface area (Å²) in [4.78, 5) is 12.4. The van der Waals surface area contributed by atoms with Crippen molar-refractivity contribution < 1.29 is 9.13 Å². The quantitative estimate of drug-likeness (QED) is 0.534. The summed E-state index contributed by atoms with van der Waals surface area (Å²) >= 11 is 0. The summed E-state index contributed by atoms with van der Waals surface area (Å²) in [6.45, 7) is 0.206. The molecule has 0 aromatic carbocycles. The van der Waals surface area contributed by atoms with Gasteiger partial charge in [0.1, 0.15) is 5.52 Å². The Balaban J connectivity index is 1.64. The molecule has 0 saturated carbocycles. The monoisotopic (exact) mass is 340 g/mol. The number of aromatic amines is 1. The highest BCUT2D eigenvalue weighted by molar-refractivity contribution is 5.72. The van der Waals surface area contributed by atoms with E-state index in [0.717, 1.165) is 0 Å². The molecule has 0 radical (unpaired) electrons. The number of pyridine rings is 1. The van der Waals surface area contributed by atoms with Crippen LogP contribution in [0.25, 0.3) is 11.2 Å². The number of nitrogens with zero attached hydrogens (tertiary/aromatic N) is 6. The van der Waals surface area contributed by atoms with E-state index in [-0.39, 0.29) is 6.54 Å². The number of anilines is 2. The van der Waals surface area contributed by atoms with Crippen molar-refractivity contribution in [2.45, 2.75) is 6.54 Å². The first-order valence-corrected chi connectivity index (χ1v) is 7.37. The molecule has 10 heteroatoms. The van der Waals surface area contributed by atoms with Gasteiger partial charge >= 0.3 is 0 Å². The van der Waals surface area contributed by atoms with Gasteiger partial charge in [-0.25, -0.2) is 24.7 Å². The number of fused-ring (bicyclic) bond motifs is 1. The molecule has 4 aromatic rings. The molecule has 4 heterocycles. The number of methoxy groups -OCH3 is 1. The smallest absolute Gasteiger partial charge is 0.217 e. The highest BCUT2D eigenvalue weighted by atomic mass is 19.1. The predicted molar refractivity (Wildman–Crippen MR) is 87.0 cm³/mol.